The Labute approximate surface area is 224 Å². The minimum absolute atomic E-state index is 0.000207. The molecule has 184 valence electrons. The second-order valence-electron chi connectivity index (χ2n) is 8.44. The van der Waals surface area contributed by atoms with Gasteiger partial charge in [0, 0.05) is 32.7 Å². The SMILES string of the molecule is O=C(O)c1ccnc(-c2cc(C(=O)O)cc(-c3cc(-c4ccc(-c5scc6sccc56)cc4)ccn3)n2)c1. The van der Waals surface area contributed by atoms with Crippen LogP contribution in [0.5, 0.6) is 0 Å². The van der Waals surface area contributed by atoms with Gasteiger partial charge < -0.3 is 10.2 Å². The van der Waals surface area contributed by atoms with E-state index in [-0.39, 0.29) is 22.5 Å². The van der Waals surface area contributed by atoms with E-state index in [1.54, 1.807) is 28.9 Å². The lowest BCUT2D eigenvalue weighted by molar-refractivity contribution is 0.0686. The number of fused-ring (bicyclic) bond motifs is 1. The van der Waals surface area contributed by atoms with Crippen molar-refractivity contribution in [3.8, 4) is 44.3 Å². The molecule has 0 aliphatic carbocycles. The largest absolute Gasteiger partial charge is 0.478 e. The number of hydrogen-bond acceptors (Lipinski definition) is 7. The van der Waals surface area contributed by atoms with Gasteiger partial charge in [-0.25, -0.2) is 14.6 Å². The van der Waals surface area contributed by atoms with Gasteiger partial charge in [0.2, 0.25) is 0 Å². The molecule has 0 unspecified atom stereocenters. The molecule has 0 bridgehead atoms. The molecule has 0 amide bonds. The van der Waals surface area contributed by atoms with Crippen molar-refractivity contribution in [1.82, 2.24) is 15.0 Å². The molecular formula is C29H17N3O4S2. The smallest absolute Gasteiger partial charge is 0.335 e. The minimum Gasteiger partial charge on any atom is -0.478 e. The van der Waals surface area contributed by atoms with E-state index in [2.05, 4.69) is 56.0 Å². The minimum atomic E-state index is -1.13. The van der Waals surface area contributed by atoms with Gasteiger partial charge in [0.15, 0.2) is 0 Å². The molecule has 38 heavy (non-hydrogen) atoms. The molecule has 5 aromatic heterocycles. The van der Waals surface area contributed by atoms with Gasteiger partial charge in [-0.3, -0.25) is 9.97 Å². The van der Waals surface area contributed by atoms with Crippen molar-refractivity contribution in [1.29, 1.82) is 0 Å². The van der Waals surface area contributed by atoms with Gasteiger partial charge in [0.1, 0.15) is 0 Å². The second kappa shape index (κ2) is 9.62. The summed E-state index contributed by atoms with van der Waals surface area (Å²) < 4.78 is 1.29. The third kappa shape index (κ3) is 4.45. The fraction of sp³-hybridized carbons (Fsp3) is 0. The summed E-state index contributed by atoms with van der Waals surface area (Å²) in [5, 5.41) is 24.6. The van der Waals surface area contributed by atoms with Gasteiger partial charge >= 0.3 is 11.9 Å². The Balaban J connectivity index is 1.38. The highest BCUT2D eigenvalue weighted by Gasteiger charge is 2.15. The number of carbonyl (C=O) groups is 2. The van der Waals surface area contributed by atoms with Crippen molar-refractivity contribution in [2.75, 3.05) is 0 Å². The maximum absolute atomic E-state index is 11.9. The Bertz CT molecular complexity index is 1840. The second-order valence-corrected chi connectivity index (χ2v) is 10.3. The van der Waals surface area contributed by atoms with Crippen LogP contribution in [0.1, 0.15) is 20.7 Å². The normalized spacial score (nSPS) is 11.1. The monoisotopic (exact) mass is 535 g/mol. The number of pyridine rings is 3. The van der Waals surface area contributed by atoms with Gasteiger partial charge in [-0.15, -0.1) is 22.7 Å². The van der Waals surface area contributed by atoms with Gasteiger partial charge in [-0.2, -0.15) is 0 Å². The van der Waals surface area contributed by atoms with Crippen molar-refractivity contribution in [2.24, 2.45) is 0 Å². The summed E-state index contributed by atoms with van der Waals surface area (Å²) in [7, 11) is 0. The van der Waals surface area contributed by atoms with Crippen LogP contribution in [0.25, 0.3) is 54.4 Å². The lowest BCUT2D eigenvalue weighted by atomic mass is 10.0. The summed E-state index contributed by atoms with van der Waals surface area (Å²) in [5.74, 6) is -2.24. The fourth-order valence-electron chi connectivity index (χ4n) is 4.18. The highest BCUT2D eigenvalue weighted by Crippen LogP contribution is 2.38. The number of aromatic nitrogens is 3. The van der Waals surface area contributed by atoms with Crippen molar-refractivity contribution >= 4 is 44.7 Å². The fourth-order valence-corrected chi connectivity index (χ4v) is 6.19. The van der Waals surface area contributed by atoms with Gasteiger partial charge in [0.25, 0.3) is 0 Å². The van der Waals surface area contributed by atoms with Crippen LogP contribution in [-0.2, 0) is 0 Å². The van der Waals surface area contributed by atoms with Crippen LogP contribution in [0.3, 0.4) is 0 Å². The zero-order valence-corrected chi connectivity index (χ0v) is 21.2. The zero-order chi connectivity index (χ0) is 26.2. The highest BCUT2D eigenvalue weighted by molar-refractivity contribution is 7.23. The van der Waals surface area contributed by atoms with Gasteiger partial charge in [-0.05, 0) is 64.5 Å². The van der Waals surface area contributed by atoms with E-state index in [0.717, 1.165) is 16.7 Å². The first-order chi connectivity index (χ1) is 18.5. The molecule has 5 heterocycles. The van der Waals surface area contributed by atoms with E-state index < -0.39 is 11.9 Å². The van der Waals surface area contributed by atoms with Crippen LogP contribution in [-0.4, -0.2) is 37.1 Å². The Morgan fingerprint density at radius 3 is 1.97 bits per heavy atom. The van der Waals surface area contributed by atoms with Crippen molar-refractivity contribution in [3.63, 3.8) is 0 Å². The van der Waals surface area contributed by atoms with Crippen molar-refractivity contribution in [2.45, 2.75) is 0 Å². The number of aromatic carboxylic acids is 2. The average molecular weight is 536 g/mol. The lowest BCUT2D eigenvalue weighted by Crippen LogP contribution is -2.02. The number of rotatable bonds is 6. The van der Waals surface area contributed by atoms with Crippen LogP contribution in [0.4, 0.5) is 0 Å². The van der Waals surface area contributed by atoms with Gasteiger partial charge in [0.05, 0.1) is 33.9 Å². The van der Waals surface area contributed by atoms with Crippen molar-refractivity contribution < 1.29 is 19.8 Å². The molecule has 0 aliphatic heterocycles. The molecule has 0 fully saturated rings. The quantitative estimate of drug-likeness (QED) is 0.232. The summed E-state index contributed by atoms with van der Waals surface area (Å²) in [6, 6.07) is 19.8. The number of thiophene rings is 2. The first kappa shape index (κ1) is 23.7. The summed E-state index contributed by atoms with van der Waals surface area (Å²) >= 11 is 3.47. The highest BCUT2D eigenvalue weighted by atomic mass is 32.1. The number of benzene rings is 1. The van der Waals surface area contributed by atoms with E-state index in [1.807, 2.05) is 12.1 Å². The molecule has 0 aliphatic rings. The number of carboxylic acids is 2. The Morgan fingerprint density at radius 1 is 0.632 bits per heavy atom. The predicted octanol–water partition coefficient (Wildman–Crippen LogP) is 7.21. The number of nitrogens with zero attached hydrogens (tertiary/aromatic N) is 3. The molecule has 1 aromatic carbocycles. The third-order valence-electron chi connectivity index (χ3n) is 6.07. The zero-order valence-electron chi connectivity index (χ0n) is 19.5. The molecule has 6 aromatic rings. The first-order valence-electron chi connectivity index (χ1n) is 11.4. The summed E-state index contributed by atoms with van der Waals surface area (Å²) in [6.45, 7) is 0. The molecule has 0 saturated carbocycles. The molecule has 0 spiro atoms. The van der Waals surface area contributed by atoms with Crippen LogP contribution >= 0.6 is 22.7 Å². The molecule has 0 saturated heterocycles. The molecule has 0 atom stereocenters. The van der Waals surface area contributed by atoms with Crippen LogP contribution in [0.2, 0.25) is 0 Å². The molecule has 7 nitrogen and oxygen atoms in total. The maximum atomic E-state index is 11.9. The van der Waals surface area contributed by atoms with Crippen LogP contribution in [0, 0.1) is 0 Å². The third-order valence-corrected chi connectivity index (χ3v) is 8.13. The lowest BCUT2D eigenvalue weighted by Gasteiger charge is -2.09. The van der Waals surface area contributed by atoms with Crippen molar-refractivity contribution in [3.05, 3.63) is 101 Å². The molecular weight excluding hydrogens is 518 g/mol. The van der Waals surface area contributed by atoms with E-state index in [4.69, 9.17) is 0 Å². The summed E-state index contributed by atoms with van der Waals surface area (Å²) in [5.41, 5.74) is 4.42. The van der Waals surface area contributed by atoms with E-state index in [9.17, 15) is 19.8 Å². The molecule has 0 radical (unpaired) electrons. The standard InChI is InChI=1S/C29H17N3O4S2/c33-28(34)19-6-9-31-23(12-19)25-14-20(29(35)36)13-24(32-25)22-11-18(5-8-30-22)16-1-3-17(4-2-16)27-21-7-10-37-26(21)15-38-27/h1-15H,(H,33,34)(H,35,36). The number of hydrogen-bond donors (Lipinski definition) is 2. The average Bonchev–Trinajstić information content (AvgIpc) is 3.58. The van der Waals surface area contributed by atoms with Gasteiger partial charge in [-0.1, -0.05) is 24.3 Å². The van der Waals surface area contributed by atoms with Crippen LogP contribution < -0.4 is 0 Å². The molecule has 9 heteroatoms. The Hall–Kier alpha value is -4.73. The predicted molar refractivity (Wildman–Crippen MR) is 149 cm³/mol. The van der Waals surface area contributed by atoms with E-state index in [0.29, 0.717) is 11.4 Å². The maximum Gasteiger partial charge on any atom is 0.335 e. The van der Waals surface area contributed by atoms with E-state index in [1.165, 1.54) is 45.4 Å². The number of carboxylic acid groups (broad SMARTS) is 2. The Morgan fingerprint density at radius 2 is 1.26 bits per heavy atom. The first-order valence-corrected chi connectivity index (χ1v) is 13.2. The summed E-state index contributed by atoms with van der Waals surface area (Å²) in [6.07, 6.45) is 3.01. The Kier molecular flexibility index (Phi) is 5.99. The van der Waals surface area contributed by atoms with Crippen LogP contribution in [0.15, 0.2) is 89.9 Å². The van der Waals surface area contributed by atoms with E-state index >= 15 is 0 Å². The summed E-state index contributed by atoms with van der Waals surface area (Å²) in [4.78, 5) is 37.7. The molecule has 2 N–H and O–H groups in total. The topological polar surface area (TPSA) is 113 Å². The molecule has 6 rings (SSSR count).